The van der Waals surface area contributed by atoms with E-state index in [1.807, 2.05) is 6.92 Å². The average Bonchev–Trinajstić information content (AvgIpc) is 2.55. The number of nitro groups is 1. The molecule has 0 atom stereocenters. The Morgan fingerprint density at radius 1 is 1.35 bits per heavy atom. The Labute approximate surface area is 136 Å². The minimum absolute atomic E-state index is 0.00508. The van der Waals surface area contributed by atoms with Crippen molar-refractivity contribution in [3.05, 3.63) is 33.9 Å². The molecule has 1 aliphatic rings. The van der Waals surface area contributed by atoms with Gasteiger partial charge in [0.1, 0.15) is 0 Å². The average molecular weight is 342 g/mol. The first-order chi connectivity index (χ1) is 10.9. The molecule has 1 saturated heterocycles. The van der Waals surface area contributed by atoms with Gasteiger partial charge in [-0.1, -0.05) is 13.0 Å². The number of sulfonamides is 1. The van der Waals surface area contributed by atoms with Gasteiger partial charge in [0, 0.05) is 51.4 Å². The van der Waals surface area contributed by atoms with Crippen LogP contribution in [-0.4, -0.2) is 57.5 Å². The Hall–Kier alpha value is -1.55. The molecule has 0 radical (unpaired) electrons. The smallest absolute Gasteiger partial charge is 0.270 e. The molecule has 0 aromatic heterocycles. The van der Waals surface area contributed by atoms with E-state index in [2.05, 4.69) is 14.9 Å². The zero-order valence-electron chi connectivity index (χ0n) is 13.1. The SMILES string of the molecule is CCc1ccc([N+](=O)[O-])cc1S(=O)(=O)NCCN1CCNCC1. The normalized spacial score (nSPS) is 16.4. The van der Waals surface area contributed by atoms with E-state index in [0.717, 1.165) is 32.2 Å². The maximum absolute atomic E-state index is 12.5. The largest absolute Gasteiger partial charge is 0.314 e. The van der Waals surface area contributed by atoms with Crippen molar-refractivity contribution in [2.75, 3.05) is 39.3 Å². The van der Waals surface area contributed by atoms with Crippen molar-refractivity contribution in [2.24, 2.45) is 0 Å². The van der Waals surface area contributed by atoms with Gasteiger partial charge in [-0.2, -0.15) is 0 Å². The van der Waals surface area contributed by atoms with Gasteiger partial charge < -0.3 is 5.32 Å². The van der Waals surface area contributed by atoms with Gasteiger partial charge in [0.05, 0.1) is 9.82 Å². The molecule has 1 aromatic carbocycles. The van der Waals surface area contributed by atoms with E-state index < -0.39 is 14.9 Å². The van der Waals surface area contributed by atoms with Crippen molar-refractivity contribution >= 4 is 15.7 Å². The predicted octanol–water partition coefficient (Wildman–Crippen LogP) is 0.341. The minimum atomic E-state index is -3.76. The lowest BCUT2D eigenvalue weighted by Gasteiger charge is -2.27. The standard InChI is InChI=1S/C14H22N4O4S/c1-2-12-3-4-13(18(19)20)11-14(12)23(21,22)16-7-10-17-8-5-15-6-9-17/h3-4,11,15-16H,2,5-10H2,1H3. The van der Waals surface area contributed by atoms with Crippen LogP contribution in [0.2, 0.25) is 0 Å². The van der Waals surface area contributed by atoms with Gasteiger partial charge in [-0.3, -0.25) is 15.0 Å². The predicted molar refractivity (Wildman–Crippen MR) is 87.0 cm³/mol. The van der Waals surface area contributed by atoms with E-state index in [9.17, 15) is 18.5 Å². The molecule has 128 valence electrons. The number of hydrogen-bond donors (Lipinski definition) is 2. The fourth-order valence-corrected chi connectivity index (χ4v) is 3.90. The summed E-state index contributed by atoms with van der Waals surface area (Å²) in [4.78, 5) is 12.5. The van der Waals surface area contributed by atoms with Gasteiger partial charge in [-0.25, -0.2) is 13.1 Å². The van der Waals surface area contributed by atoms with E-state index in [1.54, 1.807) is 0 Å². The third-order valence-corrected chi connectivity index (χ3v) is 5.40. The fourth-order valence-electron chi connectivity index (χ4n) is 2.55. The molecule has 9 heteroatoms. The molecule has 23 heavy (non-hydrogen) atoms. The quantitative estimate of drug-likeness (QED) is 0.547. The summed E-state index contributed by atoms with van der Waals surface area (Å²) >= 11 is 0. The van der Waals surface area contributed by atoms with Gasteiger partial charge in [-0.15, -0.1) is 0 Å². The number of nitrogens with zero attached hydrogens (tertiary/aromatic N) is 2. The lowest BCUT2D eigenvalue weighted by molar-refractivity contribution is -0.385. The highest BCUT2D eigenvalue weighted by Crippen LogP contribution is 2.22. The first kappa shape index (κ1) is 17.8. The highest BCUT2D eigenvalue weighted by atomic mass is 32.2. The molecule has 1 fully saturated rings. The number of hydrogen-bond acceptors (Lipinski definition) is 6. The van der Waals surface area contributed by atoms with Crippen molar-refractivity contribution in [3.63, 3.8) is 0 Å². The van der Waals surface area contributed by atoms with E-state index in [1.165, 1.54) is 12.1 Å². The van der Waals surface area contributed by atoms with Crippen LogP contribution in [0.1, 0.15) is 12.5 Å². The van der Waals surface area contributed by atoms with Gasteiger partial charge in [-0.05, 0) is 12.0 Å². The summed E-state index contributed by atoms with van der Waals surface area (Å²) in [7, 11) is -3.76. The van der Waals surface area contributed by atoms with Crippen LogP contribution >= 0.6 is 0 Å². The maximum atomic E-state index is 12.5. The topological polar surface area (TPSA) is 105 Å². The summed E-state index contributed by atoms with van der Waals surface area (Å²) < 4.78 is 27.5. The Morgan fingerprint density at radius 3 is 2.65 bits per heavy atom. The van der Waals surface area contributed by atoms with Crippen LogP contribution in [-0.2, 0) is 16.4 Å². The number of rotatable bonds is 7. The molecule has 1 aliphatic heterocycles. The van der Waals surface area contributed by atoms with E-state index >= 15 is 0 Å². The van der Waals surface area contributed by atoms with Crippen LogP contribution in [0.3, 0.4) is 0 Å². The number of non-ortho nitro benzene ring substituents is 1. The summed E-state index contributed by atoms with van der Waals surface area (Å²) in [6.07, 6.45) is 0.492. The van der Waals surface area contributed by atoms with Crippen LogP contribution in [0.4, 0.5) is 5.69 Å². The highest BCUT2D eigenvalue weighted by Gasteiger charge is 2.21. The lowest BCUT2D eigenvalue weighted by Crippen LogP contribution is -2.46. The van der Waals surface area contributed by atoms with Crippen molar-refractivity contribution < 1.29 is 13.3 Å². The van der Waals surface area contributed by atoms with Crippen LogP contribution < -0.4 is 10.0 Å². The molecule has 1 aromatic rings. The second-order valence-electron chi connectivity index (χ2n) is 5.39. The maximum Gasteiger partial charge on any atom is 0.270 e. The molecule has 1 heterocycles. The molecule has 0 saturated carbocycles. The zero-order valence-corrected chi connectivity index (χ0v) is 13.9. The van der Waals surface area contributed by atoms with Crippen LogP contribution in [0, 0.1) is 10.1 Å². The van der Waals surface area contributed by atoms with E-state index in [-0.39, 0.29) is 17.1 Å². The van der Waals surface area contributed by atoms with Crippen LogP contribution in [0.25, 0.3) is 0 Å². The van der Waals surface area contributed by atoms with Gasteiger partial charge >= 0.3 is 0 Å². The molecule has 0 aliphatic carbocycles. The molecule has 0 bridgehead atoms. The van der Waals surface area contributed by atoms with Crippen molar-refractivity contribution in [2.45, 2.75) is 18.2 Å². The monoisotopic (exact) mass is 342 g/mol. The second-order valence-corrected chi connectivity index (χ2v) is 7.13. The summed E-state index contributed by atoms with van der Waals surface area (Å²) in [6.45, 7) is 6.30. The number of aryl methyl sites for hydroxylation is 1. The Kier molecular flexibility index (Phi) is 6.05. The lowest BCUT2D eigenvalue weighted by atomic mass is 10.1. The van der Waals surface area contributed by atoms with E-state index in [0.29, 0.717) is 18.5 Å². The molecule has 0 unspecified atom stereocenters. The molecule has 0 amide bonds. The molecule has 2 N–H and O–H groups in total. The van der Waals surface area contributed by atoms with Gasteiger partial charge in [0.25, 0.3) is 5.69 Å². The van der Waals surface area contributed by atoms with E-state index in [4.69, 9.17) is 0 Å². The Morgan fingerprint density at radius 2 is 2.04 bits per heavy atom. The molecule has 2 rings (SSSR count). The van der Waals surface area contributed by atoms with Gasteiger partial charge in [0.2, 0.25) is 10.0 Å². The number of nitrogens with one attached hydrogen (secondary N) is 2. The summed E-state index contributed by atoms with van der Waals surface area (Å²) in [5.74, 6) is 0. The molecule has 8 nitrogen and oxygen atoms in total. The fraction of sp³-hybridized carbons (Fsp3) is 0.571. The zero-order chi connectivity index (χ0) is 16.9. The first-order valence-electron chi connectivity index (χ1n) is 7.64. The van der Waals surface area contributed by atoms with Crippen LogP contribution in [0.15, 0.2) is 23.1 Å². The molecular formula is C14H22N4O4S. The highest BCUT2D eigenvalue weighted by molar-refractivity contribution is 7.89. The second kappa shape index (κ2) is 7.82. The molecule has 0 spiro atoms. The Balaban J connectivity index is 2.08. The van der Waals surface area contributed by atoms with Crippen LogP contribution in [0.5, 0.6) is 0 Å². The first-order valence-corrected chi connectivity index (χ1v) is 9.12. The minimum Gasteiger partial charge on any atom is -0.314 e. The third-order valence-electron chi connectivity index (χ3n) is 3.86. The number of piperazine rings is 1. The summed E-state index contributed by atoms with van der Waals surface area (Å²) in [6, 6.07) is 3.97. The molecular weight excluding hydrogens is 320 g/mol. The summed E-state index contributed by atoms with van der Waals surface area (Å²) in [5.41, 5.74) is 0.356. The summed E-state index contributed by atoms with van der Waals surface area (Å²) in [5, 5.41) is 14.1. The van der Waals surface area contributed by atoms with Gasteiger partial charge in [0.15, 0.2) is 0 Å². The number of nitro benzene ring substituents is 1. The van der Waals surface area contributed by atoms with Crippen molar-refractivity contribution in [3.8, 4) is 0 Å². The van der Waals surface area contributed by atoms with Crippen molar-refractivity contribution in [1.29, 1.82) is 0 Å². The number of benzene rings is 1. The third kappa shape index (κ3) is 4.71. The van der Waals surface area contributed by atoms with Crippen molar-refractivity contribution in [1.82, 2.24) is 14.9 Å². The Bertz CT molecular complexity index is 657.